The normalized spacial score (nSPS) is 13.4. The number of hydrogen-bond donors (Lipinski definition) is 8. The molecule has 483 valence electrons. The monoisotopic (exact) mass is 1430 g/mol. The third-order valence-corrected chi connectivity index (χ3v) is 25.3. The maximum Gasteiger partial charge on any atom is 2.00 e. The van der Waals surface area contributed by atoms with E-state index in [0.29, 0.717) is 0 Å². The number of benzene rings is 4. The van der Waals surface area contributed by atoms with Gasteiger partial charge in [0.2, 0.25) is 80.2 Å². The molecule has 5 heterocycles. The molecule has 7 aromatic rings. The van der Waals surface area contributed by atoms with Crippen molar-refractivity contribution in [2.24, 2.45) is 0 Å². The van der Waals surface area contributed by atoms with Crippen LogP contribution in [-0.4, -0.2) is 150 Å². The van der Waals surface area contributed by atoms with E-state index in [0.717, 1.165) is 48.5 Å². The Balaban J connectivity index is 0.0000102. The number of nitrogens with one attached hydrogen (secondary N) is 8. The van der Waals surface area contributed by atoms with Crippen molar-refractivity contribution in [2.45, 2.75) is 94.6 Å². The van der Waals surface area contributed by atoms with Crippen molar-refractivity contribution in [2.75, 3.05) is 52.4 Å². The van der Waals surface area contributed by atoms with Gasteiger partial charge in [0, 0.05) is 108 Å². The molecule has 4 aromatic carbocycles. The van der Waals surface area contributed by atoms with E-state index in [1.54, 1.807) is 0 Å². The minimum atomic E-state index is -4.87. The third kappa shape index (κ3) is 12.9. The molecule has 2 aliphatic heterocycles. The minimum Gasteiger partial charge on any atom is -0.357 e. The Hall–Kier alpha value is -5.96. The topological polar surface area (TPSA) is 475 Å². The van der Waals surface area contributed by atoms with Gasteiger partial charge in [0.15, 0.2) is 0 Å². The number of nitrogens with zero attached hydrogens (tertiary/aromatic N) is 8. The van der Waals surface area contributed by atoms with Gasteiger partial charge in [-0.1, -0.05) is 55.4 Å². The van der Waals surface area contributed by atoms with Crippen LogP contribution in [0.1, 0.15) is 55.4 Å². The second-order valence-corrected chi connectivity index (χ2v) is 32.9. The molecule has 8 bridgehead atoms. The maximum absolute atomic E-state index is 14.6. The summed E-state index contributed by atoms with van der Waals surface area (Å²) in [6.07, 6.45) is 0. The van der Waals surface area contributed by atoms with Crippen molar-refractivity contribution >= 4 is 124 Å². The molecule has 1 radical (unpaired) electrons. The zero-order valence-corrected chi connectivity index (χ0v) is 55.4. The van der Waals surface area contributed by atoms with Crippen molar-refractivity contribution in [3.8, 4) is 45.6 Å². The molecule has 0 spiro atoms. The van der Waals surface area contributed by atoms with Crippen molar-refractivity contribution in [3.05, 3.63) is 48.5 Å². The van der Waals surface area contributed by atoms with Crippen LogP contribution in [0.25, 0.3) is 89.7 Å². The molecular weight excluding hydrogens is 1380 g/mol. The summed E-state index contributed by atoms with van der Waals surface area (Å²) < 4.78 is 247. The summed E-state index contributed by atoms with van der Waals surface area (Å²) in [4.78, 5) is 31.2. The molecule has 2 aliphatic rings. The molecule has 3 aromatic heterocycles. The van der Waals surface area contributed by atoms with Gasteiger partial charge in [-0.25, -0.2) is 115 Å². The standard InChI is InChI=1S/C48H56N16O16S8.Cu/c1-9-49-81(65,66)25-17-29-37(33(21-25)85(73,74)53-13-5)45-59-41(29)57-42-30-18-26(82(67,68)50-10-2)22-34(86(75,76)54-14-6)38(30)47(60-42)64-48-40-32(20-28(84(71,72)52-12-4)24-36(40)88(79,80)56-16-8)44(62-48)58-43-31-19-27(83(69,70)51-11-3)23-35(87(77,78)55-15-7)39(31)46(61-43)63-45;/h17-24,49-56H,9-16H2,1-8H3;/q-2;+2. The van der Waals surface area contributed by atoms with Crippen LogP contribution in [0.3, 0.4) is 0 Å². The van der Waals surface area contributed by atoms with Crippen LogP contribution in [-0.2, 0) is 97.3 Å². The summed E-state index contributed by atoms with van der Waals surface area (Å²) in [5, 5.41) is -1.92. The second kappa shape index (κ2) is 25.3. The number of aromatic nitrogens is 8. The molecule has 0 saturated carbocycles. The zero-order chi connectivity index (χ0) is 64.5. The smallest absolute Gasteiger partial charge is 0.357 e. The van der Waals surface area contributed by atoms with E-state index in [-0.39, 0.29) is 69.4 Å². The average Bonchev–Trinajstić information content (AvgIpc) is 1.67. The first-order valence-corrected chi connectivity index (χ1v) is 38.5. The van der Waals surface area contributed by atoms with Crippen LogP contribution in [0.15, 0.2) is 87.7 Å². The second-order valence-electron chi connectivity index (χ2n) is 18.9. The van der Waals surface area contributed by atoms with E-state index in [1.165, 1.54) is 55.4 Å². The Kier molecular flexibility index (Phi) is 19.6. The van der Waals surface area contributed by atoms with Gasteiger partial charge in [-0.2, -0.15) is 0 Å². The van der Waals surface area contributed by atoms with E-state index in [2.05, 4.69) is 77.6 Å². The van der Waals surface area contributed by atoms with Gasteiger partial charge in [0.25, 0.3) is 0 Å². The van der Waals surface area contributed by atoms with Gasteiger partial charge in [0.05, 0.1) is 62.5 Å². The maximum atomic E-state index is 14.6. The molecule has 0 saturated heterocycles. The fourth-order valence-electron chi connectivity index (χ4n) is 9.55. The van der Waals surface area contributed by atoms with Gasteiger partial charge >= 0.3 is 17.1 Å². The molecule has 0 unspecified atom stereocenters. The van der Waals surface area contributed by atoms with E-state index in [4.69, 9.17) is 0 Å². The molecule has 32 nitrogen and oxygen atoms in total. The van der Waals surface area contributed by atoms with Crippen LogP contribution >= 0.6 is 0 Å². The Bertz CT molecular complexity index is 4920. The molecule has 0 fully saturated rings. The Morgan fingerprint density at radius 3 is 0.809 bits per heavy atom. The first-order valence-electron chi connectivity index (χ1n) is 26.6. The van der Waals surface area contributed by atoms with Crippen LogP contribution in [0.5, 0.6) is 0 Å². The van der Waals surface area contributed by atoms with Crippen LogP contribution < -0.4 is 47.7 Å². The minimum absolute atomic E-state index is 0. The predicted molar refractivity (Wildman–Crippen MR) is 321 cm³/mol. The summed E-state index contributed by atoms with van der Waals surface area (Å²) >= 11 is 0. The quantitative estimate of drug-likeness (QED) is 0.0382. The Morgan fingerprint density at radius 2 is 0.528 bits per heavy atom. The number of rotatable bonds is 24. The van der Waals surface area contributed by atoms with Crippen molar-refractivity contribution < 1.29 is 84.4 Å². The molecule has 41 heteroatoms. The summed E-state index contributed by atoms with van der Waals surface area (Å²) in [7, 11) is -38.0. The molecule has 8 N–H and O–H groups in total. The third-order valence-electron chi connectivity index (χ3n) is 12.9. The molecule has 0 aliphatic carbocycles. The fourth-order valence-corrected chi connectivity index (χ4v) is 19.4. The first kappa shape index (κ1) is 68.9. The predicted octanol–water partition coefficient (Wildman–Crippen LogP) is 0.511. The number of fused-ring (bicyclic) bond motifs is 20. The van der Waals surface area contributed by atoms with Crippen molar-refractivity contribution in [1.82, 2.24) is 77.6 Å². The van der Waals surface area contributed by atoms with E-state index in [1.807, 2.05) is 0 Å². The van der Waals surface area contributed by atoms with Crippen LogP contribution in [0, 0.1) is 0 Å². The molecule has 0 atom stereocenters. The fraction of sp³-hybridized carbons (Fsp3) is 0.333. The Labute approximate surface area is 523 Å². The van der Waals surface area contributed by atoms with E-state index < -0.39 is 209 Å². The van der Waals surface area contributed by atoms with Gasteiger partial charge in [-0.05, 0) is 59.3 Å². The Morgan fingerprint density at radius 1 is 0.292 bits per heavy atom. The van der Waals surface area contributed by atoms with Crippen molar-refractivity contribution in [3.63, 3.8) is 0 Å². The first-order chi connectivity index (χ1) is 41.2. The van der Waals surface area contributed by atoms with E-state index in [9.17, 15) is 67.3 Å². The van der Waals surface area contributed by atoms with Gasteiger partial charge in [-0.3, -0.25) is 0 Å². The molecule has 0 amide bonds. The summed E-state index contributed by atoms with van der Waals surface area (Å²) in [6.45, 7) is 9.51. The van der Waals surface area contributed by atoms with Crippen molar-refractivity contribution in [1.29, 1.82) is 0 Å². The zero-order valence-electron chi connectivity index (χ0n) is 48.0. The largest absolute Gasteiger partial charge is 2.00 e. The molecular formula is C48H56CuN16O16S8. The van der Waals surface area contributed by atoms with E-state index >= 15 is 0 Å². The number of hydrogen-bond acceptors (Lipinski definition) is 22. The van der Waals surface area contributed by atoms with Crippen LogP contribution in [0.2, 0.25) is 0 Å². The van der Waals surface area contributed by atoms with Gasteiger partial charge < -0.3 is 29.9 Å². The van der Waals surface area contributed by atoms with Gasteiger partial charge in [0.1, 0.15) is 0 Å². The summed E-state index contributed by atoms with van der Waals surface area (Å²) in [5.41, 5.74) is -4.63. The molecule has 9 rings (SSSR count). The summed E-state index contributed by atoms with van der Waals surface area (Å²) in [5.74, 6) is -2.71. The summed E-state index contributed by atoms with van der Waals surface area (Å²) in [6, 6.07) is 6.97. The number of sulfonamides is 8. The SMILES string of the molecule is CCNS(=O)(=O)c1cc2c(c(S(=O)(=O)NCC)c1)-c1nc-2nc2[n-]c(nc3nc(nc4[n-]c(n1)c1c(S(=O)(=O)NCC)cc(S(=O)(=O)NCC)cc41)-c1cc(S(=O)(=O)NCC)cc(S(=O)(=O)NCC)c1-3)c1c(S(=O)(=O)NCC)cc(S(=O)(=O)NCC)cc21.[Cu+2]. The average molecular weight is 1430 g/mol. The molecule has 89 heavy (non-hydrogen) atoms. The van der Waals surface area contributed by atoms with Gasteiger partial charge in [-0.15, -0.1) is 0 Å². The van der Waals surface area contributed by atoms with Crippen LogP contribution in [0.4, 0.5) is 0 Å².